The second kappa shape index (κ2) is 6.26. The number of carbonyl (C=O) groups excluding carboxylic acids is 1. The van der Waals surface area contributed by atoms with E-state index in [0.29, 0.717) is 6.04 Å². The minimum atomic E-state index is -0.425. The lowest BCUT2D eigenvalue weighted by molar-refractivity contribution is 0.0136. The summed E-state index contributed by atoms with van der Waals surface area (Å²) in [5.41, 5.74) is 2.89. The maximum absolute atomic E-state index is 12.5. The molecule has 4 rings (SSSR count). The van der Waals surface area contributed by atoms with Crippen molar-refractivity contribution in [1.82, 2.24) is 9.80 Å². The van der Waals surface area contributed by atoms with Crippen LogP contribution in [0.4, 0.5) is 4.79 Å². The Labute approximate surface area is 157 Å². The minimum absolute atomic E-state index is 0.157. The molecule has 3 aliphatic rings. The van der Waals surface area contributed by atoms with Crippen LogP contribution in [0.1, 0.15) is 63.6 Å². The van der Waals surface area contributed by atoms with Gasteiger partial charge in [-0.15, -0.1) is 0 Å². The Balaban J connectivity index is 1.56. The number of fused-ring (bicyclic) bond motifs is 4. The molecule has 142 valence electrons. The van der Waals surface area contributed by atoms with E-state index in [9.17, 15) is 4.79 Å². The first kappa shape index (κ1) is 17.8. The van der Waals surface area contributed by atoms with Crippen molar-refractivity contribution in [2.24, 2.45) is 5.92 Å². The summed E-state index contributed by atoms with van der Waals surface area (Å²) in [6.45, 7) is 8.61. The lowest BCUT2D eigenvalue weighted by atomic mass is 9.60. The minimum Gasteiger partial charge on any atom is -0.444 e. The van der Waals surface area contributed by atoms with Crippen molar-refractivity contribution >= 4 is 6.09 Å². The topological polar surface area (TPSA) is 32.8 Å². The van der Waals surface area contributed by atoms with Crippen LogP contribution in [0, 0.1) is 5.92 Å². The fourth-order valence-corrected chi connectivity index (χ4v) is 5.50. The largest absolute Gasteiger partial charge is 0.444 e. The smallest absolute Gasteiger partial charge is 0.410 e. The first-order chi connectivity index (χ1) is 12.3. The van der Waals surface area contributed by atoms with Crippen molar-refractivity contribution < 1.29 is 9.53 Å². The van der Waals surface area contributed by atoms with Gasteiger partial charge in [-0.05, 0) is 82.5 Å². The van der Waals surface area contributed by atoms with Crippen LogP contribution in [0.3, 0.4) is 0 Å². The van der Waals surface area contributed by atoms with Crippen molar-refractivity contribution in [1.29, 1.82) is 0 Å². The van der Waals surface area contributed by atoms with E-state index in [1.807, 2.05) is 25.7 Å². The first-order valence-corrected chi connectivity index (χ1v) is 10.1. The molecule has 0 aromatic heterocycles. The lowest BCUT2D eigenvalue weighted by Crippen LogP contribution is -2.49. The molecule has 1 spiro atoms. The molecule has 2 aliphatic heterocycles. The third-order valence-electron chi connectivity index (χ3n) is 6.65. The van der Waals surface area contributed by atoms with Crippen molar-refractivity contribution in [2.75, 3.05) is 26.7 Å². The molecule has 2 atom stereocenters. The molecule has 0 saturated carbocycles. The van der Waals surface area contributed by atoms with E-state index >= 15 is 0 Å². The molecule has 0 N–H and O–H groups in total. The molecule has 1 aromatic carbocycles. The molecule has 1 aromatic rings. The Hall–Kier alpha value is -1.55. The molecular formula is C22H32N2O2. The summed E-state index contributed by atoms with van der Waals surface area (Å²) in [6.07, 6.45) is 4.51. The summed E-state index contributed by atoms with van der Waals surface area (Å²) >= 11 is 0. The summed E-state index contributed by atoms with van der Waals surface area (Å²) < 4.78 is 5.59. The average Bonchev–Trinajstić information content (AvgIpc) is 2.95. The summed E-state index contributed by atoms with van der Waals surface area (Å²) in [5, 5.41) is 0. The van der Waals surface area contributed by atoms with Gasteiger partial charge < -0.3 is 9.64 Å². The normalized spacial score (nSPS) is 27.9. The second-order valence-corrected chi connectivity index (χ2v) is 9.51. The molecular weight excluding hydrogens is 324 g/mol. The number of hydrogen-bond acceptors (Lipinski definition) is 3. The predicted molar refractivity (Wildman–Crippen MR) is 103 cm³/mol. The van der Waals surface area contributed by atoms with Crippen molar-refractivity contribution in [3.8, 4) is 0 Å². The standard InChI is InChI=1S/C22H32N2O2/c1-21(2,3)26-20(25)24-13-10-22(11-14-24)15-16-9-12-23(4)19(16)17-7-5-6-8-18(17)22/h5-8,16,19H,9-15H2,1-4H3. The number of nitrogens with zero attached hydrogens (tertiary/aromatic N) is 2. The molecule has 2 heterocycles. The van der Waals surface area contributed by atoms with E-state index in [1.54, 1.807) is 5.56 Å². The Bertz CT molecular complexity index is 686. The molecule has 0 radical (unpaired) electrons. The Morgan fingerprint density at radius 2 is 1.85 bits per heavy atom. The maximum Gasteiger partial charge on any atom is 0.410 e. The van der Waals surface area contributed by atoms with Gasteiger partial charge in [0.25, 0.3) is 0 Å². The maximum atomic E-state index is 12.5. The van der Waals surface area contributed by atoms with Crippen LogP contribution in [0.25, 0.3) is 0 Å². The Kier molecular flexibility index (Phi) is 4.30. The zero-order chi connectivity index (χ0) is 18.5. The van der Waals surface area contributed by atoms with Crippen LogP contribution < -0.4 is 0 Å². The molecule has 4 nitrogen and oxygen atoms in total. The van der Waals surface area contributed by atoms with Gasteiger partial charge in [0.05, 0.1) is 0 Å². The molecule has 4 heteroatoms. The van der Waals surface area contributed by atoms with Gasteiger partial charge in [0.2, 0.25) is 0 Å². The fraction of sp³-hybridized carbons (Fsp3) is 0.682. The van der Waals surface area contributed by atoms with Gasteiger partial charge in [0.15, 0.2) is 0 Å². The fourth-order valence-electron chi connectivity index (χ4n) is 5.50. The van der Waals surface area contributed by atoms with Gasteiger partial charge in [-0.25, -0.2) is 4.79 Å². The van der Waals surface area contributed by atoms with Crippen LogP contribution in [0.5, 0.6) is 0 Å². The highest BCUT2D eigenvalue weighted by Gasteiger charge is 2.49. The number of benzene rings is 1. The van der Waals surface area contributed by atoms with E-state index < -0.39 is 5.60 Å². The zero-order valence-corrected chi connectivity index (χ0v) is 16.6. The highest BCUT2D eigenvalue weighted by Crippen LogP contribution is 2.54. The zero-order valence-electron chi connectivity index (χ0n) is 16.6. The third-order valence-corrected chi connectivity index (χ3v) is 6.65. The van der Waals surface area contributed by atoms with Gasteiger partial charge in [-0.3, -0.25) is 4.90 Å². The third kappa shape index (κ3) is 3.02. The summed E-state index contributed by atoms with van der Waals surface area (Å²) in [6, 6.07) is 9.66. The molecule has 2 saturated heterocycles. The van der Waals surface area contributed by atoms with Crippen LogP contribution in [-0.2, 0) is 10.2 Å². The molecule has 2 unspecified atom stereocenters. The number of hydrogen-bond donors (Lipinski definition) is 0. The predicted octanol–water partition coefficient (Wildman–Crippen LogP) is 4.35. The van der Waals surface area contributed by atoms with Gasteiger partial charge in [0.1, 0.15) is 5.60 Å². The first-order valence-electron chi connectivity index (χ1n) is 10.1. The molecule has 1 aliphatic carbocycles. The van der Waals surface area contributed by atoms with E-state index in [-0.39, 0.29) is 11.5 Å². The number of ether oxygens (including phenoxy) is 1. The van der Waals surface area contributed by atoms with Crippen LogP contribution in [-0.4, -0.2) is 48.2 Å². The molecule has 1 amide bonds. The molecule has 0 bridgehead atoms. The average molecular weight is 357 g/mol. The quantitative estimate of drug-likeness (QED) is 0.693. The number of rotatable bonds is 0. The number of likely N-dealkylation sites (tertiary alicyclic amines) is 2. The number of carbonyl (C=O) groups is 1. The summed E-state index contributed by atoms with van der Waals surface area (Å²) in [5.74, 6) is 0.753. The monoisotopic (exact) mass is 356 g/mol. The SMILES string of the molecule is CN1CCC2CC3(CCN(C(=O)OC(C)(C)C)CC3)c3ccccc3C21. The van der Waals surface area contributed by atoms with E-state index in [2.05, 4.69) is 36.2 Å². The van der Waals surface area contributed by atoms with Gasteiger partial charge in [-0.2, -0.15) is 0 Å². The van der Waals surface area contributed by atoms with Crippen LogP contribution >= 0.6 is 0 Å². The van der Waals surface area contributed by atoms with Crippen LogP contribution in [0.2, 0.25) is 0 Å². The second-order valence-electron chi connectivity index (χ2n) is 9.51. The van der Waals surface area contributed by atoms with Gasteiger partial charge >= 0.3 is 6.09 Å². The van der Waals surface area contributed by atoms with Crippen molar-refractivity contribution in [3.05, 3.63) is 35.4 Å². The molecule has 2 fully saturated rings. The summed E-state index contributed by atoms with van der Waals surface area (Å²) in [7, 11) is 2.27. The number of amides is 1. The van der Waals surface area contributed by atoms with Gasteiger partial charge in [0, 0.05) is 19.1 Å². The lowest BCUT2D eigenvalue weighted by Gasteiger charge is -2.49. The van der Waals surface area contributed by atoms with Crippen molar-refractivity contribution in [2.45, 2.75) is 63.5 Å². The van der Waals surface area contributed by atoms with E-state index in [4.69, 9.17) is 4.74 Å². The number of piperidine rings is 1. The summed E-state index contributed by atoms with van der Waals surface area (Å²) in [4.78, 5) is 16.9. The van der Waals surface area contributed by atoms with E-state index in [0.717, 1.165) is 31.8 Å². The Morgan fingerprint density at radius 1 is 1.15 bits per heavy atom. The Morgan fingerprint density at radius 3 is 2.54 bits per heavy atom. The van der Waals surface area contributed by atoms with E-state index in [1.165, 1.54) is 24.9 Å². The van der Waals surface area contributed by atoms with Crippen LogP contribution in [0.15, 0.2) is 24.3 Å². The highest BCUT2D eigenvalue weighted by molar-refractivity contribution is 5.68. The van der Waals surface area contributed by atoms with Gasteiger partial charge in [-0.1, -0.05) is 24.3 Å². The van der Waals surface area contributed by atoms with Crippen molar-refractivity contribution in [3.63, 3.8) is 0 Å². The molecule has 26 heavy (non-hydrogen) atoms. The highest BCUT2D eigenvalue weighted by atomic mass is 16.6.